The molecule has 0 heterocycles. The highest BCUT2D eigenvalue weighted by atomic mass is 127. The van der Waals surface area contributed by atoms with Gasteiger partial charge < -0.3 is 15.4 Å². The average molecular weight is 426 g/mol. The van der Waals surface area contributed by atoms with E-state index in [1.54, 1.807) is 0 Å². The first-order valence-electron chi connectivity index (χ1n) is 7.02. The Bertz CT molecular complexity index is 453. The smallest absolute Gasteiger partial charge is 0.191 e. The predicted molar refractivity (Wildman–Crippen MR) is 101 cm³/mol. The lowest BCUT2D eigenvalue weighted by Gasteiger charge is -2.14. The molecular formula is C15H25ClIN3O. The van der Waals surface area contributed by atoms with Gasteiger partial charge in [-0.15, -0.1) is 24.0 Å². The van der Waals surface area contributed by atoms with Gasteiger partial charge >= 0.3 is 0 Å². The number of nitrogens with one attached hydrogen (secondary N) is 2. The lowest BCUT2D eigenvalue weighted by molar-refractivity contribution is 0.336. The Morgan fingerprint density at radius 1 is 1.33 bits per heavy atom. The molecule has 0 bridgehead atoms. The van der Waals surface area contributed by atoms with Crippen molar-refractivity contribution in [1.29, 1.82) is 0 Å². The molecule has 120 valence electrons. The maximum atomic E-state index is 5.99. The van der Waals surface area contributed by atoms with E-state index in [4.69, 9.17) is 16.3 Å². The molecule has 2 N–H and O–H groups in total. The van der Waals surface area contributed by atoms with Crippen molar-refractivity contribution < 1.29 is 4.74 Å². The van der Waals surface area contributed by atoms with Gasteiger partial charge in [-0.2, -0.15) is 0 Å². The number of benzene rings is 1. The Balaban J connectivity index is 0.00000400. The minimum atomic E-state index is 0. The number of hydrogen-bond acceptors (Lipinski definition) is 2. The highest BCUT2D eigenvalue weighted by Crippen LogP contribution is 2.24. The fraction of sp³-hybridized carbons (Fsp3) is 0.533. The molecule has 1 rings (SSSR count). The van der Waals surface area contributed by atoms with Crippen LogP contribution in [0.15, 0.2) is 23.2 Å². The summed E-state index contributed by atoms with van der Waals surface area (Å²) in [6.45, 7) is 10.2. The molecular weight excluding hydrogens is 401 g/mol. The standard InChI is InChI=1S/C15H24ClN3O.HI/c1-5-17-15(19-11(3)4)18-10-12-7-8-13(16)9-14(12)20-6-2;/h7-9,11H,5-6,10H2,1-4H3,(H2,17,18,19);1H. The van der Waals surface area contributed by atoms with Crippen LogP contribution in [-0.4, -0.2) is 25.2 Å². The molecule has 0 amide bonds. The molecule has 0 saturated heterocycles. The molecule has 0 radical (unpaired) electrons. The van der Waals surface area contributed by atoms with Crippen LogP contribution in [0.3, 0.4) is 0 Å². The Hall–Kier alpha value is -0.690. The predicted octanol–water partition coefficient (Wildman–Crippen LogP) is 3.82. The number of rotatable bonds is 6. The van der Waals surface area contributed by atoms with Crippen LogP contribution in [0.2, 0.25) is 5.02 Å². The third kappa shape index (κ3) is 7.76. The highest BCUT2D eigenvalue weighted by Gasteiger charge is 2.05. The van der Waals surface area contributed by atoms with Gasteiger partial charge in [-0.1, -0.05) is 17.7 Å². The van der Waals surface area contributed by atoms with Crippen LogP contribution in [0, 0.1) is 0 Å². The van der Waals surface area contributed by atoms with Gasteiger partial charge in [-0.3, -0.25) is 0 Å². The number of aliphatic imine (C=N–C) groups is 1. The maximum Gasteiger partial charge on any atom is 0.191 e. The molecule has 6 heteroatoms. The van der Waals surface area contributed by atoms with Gasteiger partial charge in [0.05, 0.1) is 13.2 Å². The van der Waals surface area contributed by atoms with E-state index in [0.717, 1.165) is 23.8 Å². The monoisotopic (exact) mass is 425 g/mol. The van der Waals surface area contributed by atoms with Crippen molar-refractivity contribution in [3.63, 3.8) is 0 Å². The normalized spacial score (nSPS) is 11.0. The van der Waals surface area contributed by atoms with Crippen molar-refractivity contribution in [3.05, 3.63) is 28.8 Å². The van der Waals surface area contributed by atoms with Gasteiger partial charge in [-0.05, 0) is 39.8 Å². The third-order valence-corrected chi connectivity index (χ3v) is 2.74. The molecule has 0 unspecified atom stereocenters. The van der Waals surface area contributed by atoms with Gasteiger partial charge in [-0.25, -0.2) is 4.99 Å². The van der Waals surface area contributed by atoms with Crippen molar-refractivity contribution in [2.45, 2.75) is 40.3 Å². The summed E-state index contributed by atoms with van der Waals surface area (Å²) in [6.07, 6.45) is 0. The molecule has 0 aromatic heterocycles. The molecule has 4 nitrogen and oxygen atoms in total. The number of halogens is 2. The Labute approximate surface area is 149 Å². The van der Waals surface area contributed by atoms with Crippen LogP contribution in [-0.2, 0) is 6.54 Å². The summed E-state index contributed by atoms with van der Waals surface area (Å²) in [5, 5.41) is 7.18. The lowest BCUT2D eigenvalue weighted by Crippen LogP contribution is -2.41. The topological polar surface area (TPSA) is 45.7 Å². The molecule has 0 spiro atoms. The maximum absolute atomic E-state index is 5.99. The van der Waals surface area contributed by atoms with Crippen molar-refractivity contribution in [1.82, 2.24) is 10.6 Å². The summed E-state index contributed by atoms with van der Waals surface area (Å²) < 4.78 is 5.60. The molecule has 1 aromatic rings. The summed E-state index contributed by atoms with van der Waals surface area (Å²) in [7, 11) is 0. The van der Waals surface area contributed by atoms with E-state index < -0.39 is 0 Å². The van der Waals surface area contributed by atoms with Crippen molar-refractivity contribution in [3.8, 4) is 5.75 Å². The summed E-state index contributed by atoms with van der Waals surface area (Å²) in [5.41, 5.74) is 1.03. The molecule has 1 aromatic carbocycles. The van der Waals surface area contributed by atoms with E-state index in [1.807, 2.05) is 32.0 Å². The second-order valence-corrected chi connectivity index (χ2v) is 5.12. The van der Waals surface area contributed by atoms with E-state index in [0.29, 0.717) is 24.2 Å². The SMILES string of the molecule is CCNC(=NCc1ccc(Cl)cc1OCC)NC(C)C.I. The van der Waals surface area contributed by atoms with Gasteiger partial charge in [0.15, 0.2) is 5.96 Å². The molecule has 0 aliphatic heterocycles. The summed E-state index contributed by atoms with van der Waals surface area (Å²) >= 11 is 5.99. The molecule has 0 saturated carbocycles. The molecule has 0 aliphatic rings. The van der Waals surface area contributed by atoms with Crippen LogP contribution in [0.25, 0.3) is 0 Å². The van der Waals surface area contributed by atoms with Crippen molar-refractivity contribution in [2.24, 2.45) is 4.99 Å². The zero-order valence-electron chi connectivity index (χ0n) is 13.1. The van der Waals surface area contributed by atoms with Crippen LogP contribution in [0.4, 0.5) is 0 Å². The number of nitrogens with zero attached hydrogens (tertiary/aromatic N) is 1. The average Bonchev–Trinajstić information content (AvgIpc) is 2.37. The van der Waals surface area contributed by atoms with Crippen LogP contribution >= 0.6 is 35.6 Å². The van der Waals surface area contributed by atoms with E-state index in [1.165, 1.54) is 0 Å². The number of guanidine groups is 1. The zero-order chi connectivity index (χ0) is 15.0. The minimum absolute atomic E-state index is 0. The van der Waals surface area contributed by atoms with Gasteiger partial charge in [0.2, 0.25) is 0 Å². The number of hydrogen-bond donors (Lipinski definition) is 2. The van der Waals surface area contributed by atoms with E-state index >= 15 is 0 Å². The zero-order valence-corrected chi connectivity index (χ0v) is 16.2. The first-order valence-corrected chi connectivity index (χ1v) is 7.40. The van der Waals surface area contributed by atoms with Crippen LogP contribution in [0.1, 0.15) is 33.3 Å². The van der Waals surface area contributed by atoms with Crippen molar-refractivity contribution >= 4 is 41.5 Å². The first kappa shape index (κ1) is 20.3. The largest absolute Gasteiger partial charge is 0.493 e. The Morgan fingerprint density at radius 2 is 2.05 bits per heavy atom. The fourth-order valence-corrected chi connectivity index (χ4v) is 1.87. The summed E-state index contributed by atoms with van der Waals surface area (Å²) in [5.74, 6) is 1.60. The quantitative estimate of drug-likeness (QED) is 0.414. The van der Waals surface area contributed by atoms with Gasteiger partial charge in [0.1, 0.15) is 5.75 Å². The van der Waals surface area contributed by atoms with Gasteiger partial charge in [0.25, 0.3) is 0 Å². The second-order valence-electron chi connectivity index (χ2n) is 4.68. The fourth-order valence-electron chi connectivity index (χ4n) is 1.71. The molecule has 0 fully saturated rings. The highest BCUT2D eigenvalue weighted by molar-refractivity contribution is 14.0. The minimum Gasteiger partial charge on any atom is -0.493 e. The Kier molecular flexibility index (Phi) is 10.6. The van der Waals surface area contributed by atoms with E-state index in [-0.39, 0.29) is 24.0 Å². The summed E-state index contributed by atoms with van der Waals surface area (Å²) in [4.78, 5) is 4.57. The molecule has 0 atom stereocenters. The van der Waals surface area contributed by atoms with Crippen molar-refractivity contribution in [2.75, 3.05) is 13.2 Å². The Morgan fingerprint density at radius 3 is 2.62 bits per heavy atom. The van der Waals surface area contributed by atoms with Crippen LogP contribution < -0.4 is 15.4 Å². The number of ether oxygens (including phenoxy) is 1. The summed E-state index contributed by atoms with van der Waals surface area (Å²) in [6, 6.07) is 5.98. The van der Waals surface area contributed by atoms with Crippen LogP contribution in [0.5, 0.6) is 5.75 Å². The second kappa shape index (κ2) is 11.0. The van der Waals surface area contributed by atoms with E-state index in [2.05, 4.69) is 29.5 Å². The molecule has 0 aliphatic carbocycles. The van der Waals surface area contributed by atoms with E-state index in [9.17, 15) is 0 Å². The molecule has 21 heavy (non-hydrogen) atoms. The lowest BCUT2D eigenvalue weighted by atomic mass is 10.2. The van der Waals surface area contributed by atoms with Gasteiger partial charge in [0, 0.05) is 23.2 Å². The third-order valence-electron chi connectivity index (χ3n) is 2.51. The first-order chi connectivity index (χ1) is 9.56.